The Bertz CT molecular complexity index is 256. The maximum Gasteiger partial charge on any atom is 0.0883 e. The highest BCUT2D eigenvalue weighted by molar-refractivity contribution is 7.99. The lowest BCUT2D eigenvalue weighted by molar-refractivity contribution is 0.201. The molecule has 1 aliphatic rings. The van der Waals surface area contributed by atoms with Crippen LogP contribution in [0.1, 0.15) is 29.4 Å². The molecule has 0 saturated carbocycles. The first-order chi connectivity index (χ1) is 5.79. The Hall–Kier alpha value is -0.470. The average Bonchev–Trinajstić information content (AvgIpc) is 2.12. The Morgan fingerprint density at radius 2 is 2.00 bits per heavy atom. The van der Waals surface area contributed by atoms with E-state index in [1.807, 2.05) is 30.0 Å². The van der Waals surface area contributed by atoms with Crippen LogP contribution in [0.5, 0.6) is 0 Å². The summed E-state index contributed by atoms with van der Waals surface area (Å²) in [6.45, 7) is 2.19. The van der Waals surface area contributed by atoms with Crippen molar-refractivity contribution in [3.63, 3.8) is 0 Å². The molecule has 2 atom stereocenters. The summed E-state index contributed by atoms with van der Waals surface area (Å²) >= 11 is 1.82. The van der Waals surface area contributed by atoms with E-state index in [1.54, 1.807) is 0 Å². The molecule has 12 heavy (non-hydrogen) atoms. The fourth-order valence-electron chi connectivity index (χ4n) is 1.60. The van der Waals surface area contributed by atoms with Gasteiger partial charge in [-0.1, -0.05) is 24.3 Å². The van der Waals surface area contributed by atoms with E-state index in [4.69, 9.17) is 0 Å². The third-order valence-corrected chi connectivity index (χ3v) is 3.56. The number of fused-ring (bicyclic) bond motifs is 1. The summed E-state index contributed by atoms with van der Waals surface area (Å²) in [7, 11) is 0. The fraction of sp³-hybridized carbons (Fsp3) is 0.400. The van der Waals surface area contributed by atoms with Gasteiger partial charge in [0.15, 0.2) is 0 Å². The van der Waals surface area contributed by atoms with Crippen molar-refractivity contribution in [2.45, 2.75) is 18.3 Å². The summed E-state index contributed by atoms with van der Waals surface area (Å²) in [6.07, 6.45) is -0.262. The first-order valence-corrected chi connectivity index (χ1v) is 5.22. The normalized spacial score (nSPS) is 28.2. The molecule has 64 valence electrons. The van der Waals surface area contributed by atoms with Crippen LogP contribution in [0.2, 0.25) is 0 Å². The molecule has 1 heterocycles. The van der Waals surface area contributed by atoms with Gasteiger partial charge < -0.3 is 5.11 Å². The summed E-state index contributed by atoms with van der Waals surface area (Å²) in [6, 6.07) is 8.16. The highest BCUT2D eigenvalue weighted by Gasteiger charge is 2.22. The van der Waals surface area contributed by atoms with Crippen molar-refractivity contribution in [1.82, 2.24) is 0 Å². The van der Waals surface area contributed by atoms with E-state index < -0.39 is 0 Å². The van der Waals surface area contributed by atoms with Crippen molar-refractivity contribution in [2.75, 3.05) is 5.75 Å². The monoisotopic (exact) mass is 180 g/mol. The summed E-state index contributed by atoms with van der Waals surface area (Å²) in [5, 5.41) is 10.2. The Kier molecular flexibility index (Phi) is 2.11. The topological polar surface area (TPSA) is 20.2 Å². The molecule has 0 aromatic heterocycles. The van der Waals surface area contributed by atoms with Gasteiger partial charge in [-0.25, -0.2) is 0 Å². The number of hydrogen-bond donors (Lipinski definition) is 1. The zero-order valence-corrected chi connectivity index (χ0v) is 7.84. The van der Waals surface area contributed by atoms with E-state index in [2.05, 4.69) is 13.0 Å². The van der Waals surface area contributed by atoms with Crippen LogP contribution < -0.4 is 0 Å². The molecule has 2 rings (SSSR count). The van der Waals surface area contributed by atoms with Gasteiger partial charge >= 0.3 is 0 Å². The summed E-state index contributed by atoms with van der Waals surface area (Å²) in [5.74, 6) is 0.832. The minimum Gasteiger partial charge on any atom is -0.388 e. The first kappa shape index (κ1) is 8.14. The minimum atomic E-state index is -0.262. The van der Waals surface area contributed by atoms with Crippen LogP contribution in [-0.2, 0) is 0 Å². The molecular weight excluding hydrogens is 168 g/mol. The average molecular weight is 180 g/mol. The molecule has 0 fully saturated rings. The van der Waals surface area contributed by atoms with Crippen LogP contribution in [0.3, 0.4) is 0 Å². The van der Waals surface area contributed by atoms with Crippen LogP contribution in [-0.4, -0.2) is 10.9 Å². The lowest BCUT2D eigenvalue weighted by Crippen LogP contribution is -2.11. The first-order valence-electron chi connectivity index (χ1n) is 4.17. The zero-order valence-electron chi connectivity index (χ0n) is 7.03. The van der Waals surface area contributed by atoms with E-state index in [0.29, 0.717) is 5.25 Å². The molecule has 2 heteroatoms. The molecule has 2 unspecified atom stereocenters. The van der Waals surface area contributed by atoms with Gasteiger partial charge in [0.05, 0.1) is 6.10 Å². The van der Waals surface area contributed by atoms with Gasteiger partial charge in [-0.15, -0.1) is 0 Å². The van der Waals surface area contributed by atoms with Crippen molar-refractivity contribution in [2.24, 2.45) is 0 Å². The minimum absolute atomic E-state index is 0.262. The van der Waals surface area contributed by atoms with Crippen LogP contribution in [0.25, 0.3) is 0 Å². The second kappa shape index (κ2) is 3.11. The number of hydrogen-bond acceptors (Lipinski definition) is 2. The van der Waals surface area contributed by atoms with E-state index in [9.17, 15) is 5.11 Å². The van der Waals surface area contributed by atoms with Gasteiger partial charge in [0, 0.05) is 11.0 Å². The van der Waals surface area contributed by atoms with Crippen molar-refractivity contribution >= 4 is 11.8 Å². The lowest BCUT2D eigenvalue weighted by Gasteiger charge is -2.25. The van der Waals surface area contributed by atoms with E-state index >= 15 is 0 Å². The maximum atomic E-state index is 9.66. The maximum absolute atomic E-state index is 9.66. The van der Waals surface area contributed by atoms with Crippen LogP contribution >= 0.6 is 11.8 Å². The number of thioether (sulfide) groups is 1. The third kappa shape index (κ3) is 1.25. The predicted molar refractivity (Wildman–Crippen MR) is 52.3 cm³/mol. The number of aliphatic hydroxyl groups is 1. The predicted octanol–water partition coefficient (Wildman–Crippen LogP) is 2.53. The Labute approximate surface area is 76.8 Å². The Morgan fingerprint density at radius 1 is 1.33 bits per heavy atom. The molecule has 0 bridgehead atoms. The van der Waals surface area contributed by atoms with Gasteiger partial charge in [-0.2, -0.15) is 11.8 Å². The molecule has 0 radical (unpaired) electrons. The van der Waals surface area contributed by atoms with Crippen molar-refractivity contribution in [3.05, 3.63) is 35.4 Å². The molecule has 0 spiro atoms. The fourth-order valence-corrected chi connectivity index (χ4v) is 2.64. The molecule has 1 aliphatic heterocycles. The van der Waals surface area contributed by atoms with Gasteiger partial charge in [0.2, 0.25) is 0 Å². The summed E-state index contributed by atoms with van der Waals surface area (Å²) in [4.78, 5) is 0. The number of aliphatic hydroxyl groups excluding tert-OH is 1. The van der Waals surface area contributed by atoms with E-state index in [1.165, 1.54) is 5.56 Å². The Morgan fingerprint density at radius 3 is 2.67 bits per heavy atom. The van der Waals surface area contributed by atoms with Gasteiger partial charge in [0.25, 0.3) is 0 Å². The molecule has 1 N–H and O–H groups in total. The lowest BCUT2D eigenvalue weighted by atomic mass is 10.0. The zero-order chi connectivity index (χ0) is 8.55. The molecule has 0 saturated heterocycles. The molecule has 1 aromatic rings. The second-order valence-electron chi connectivity index (χ2n) is 3.12. The smallest absolute Gasteiger partial charge is 0.0883 e. The van der Waals surface area contributed by atoms with Crippen molar-refractivity contribution in [1.29, 1.82) is 0 Å². The standard InChI is InChI=1S/C10H12OS/c1-7-8-4-2-3-5-9(8)10(11)6-12-7/h2-5,7,10-11H,6H2,1H3. The Balaban J connectivity index is 2.47. The number of benzene rings is 1. The van der Waals surface area contributed by atoms with Gasteiger partial charge in [-0.3, -0.25) is 0 Å². The van der Waals surface area contributed by atoms with Crippen molar-refractivity contribution < 1.29 is 5.11 Å². The SMILES string of the molecule is CC1SCC(O)c2ccccc21. The molecule has 1 aromatic carbocycles. The molecular formula is C10H12OS. The van der Waals surface area contributed by atoms with Gasteiger partial charge in [0.1, 0.15) is 0 Å². The van der Waals surface area contributed by atoms with Crippen LogP contribution in [0.4, 0.5) is 0 Å². The van der Waals surface area contributed by atoms with Crippen LogP contribution in [0, 0.1) is 0 Å². The highest BCUT2D eigenvalue weighted by atomic mass is 32.2. The quantitative estimate of drug-likeness (QED) is 0.662. The molecule has 0 amide bonds. The van der Waals surface area contributed by atoms with Gasteiger partial charge in [-0.05, 0) is 18.1 Å². The third-order valence-electron chi connectivity index (χ3n) is 2.30. The van der Waals surface area contributed by atoms with E-state index in [-0.39, 0.29) is 6.10 Å². The number of rotatable bonds is 0. The van der Waals surface area contributed by atoms with Crippen molar-refractivity contribution in [3.8, 4) is 0 Å². The summed E-state index contributed by atoms with van der Waals surface area (Å²) < 4.78 is 0. The molecule has 1 nitrogen and oxygen atoms in total. The van der Waals surface area contributed by atoms with E-state index in [0.717, 1.165) is 11.3 Å². The van der Waals surface area contributed by atoms with Crippen LogP contribution in [0.15, 0.2) is 24.3 Å². The second-order valence-corrected chi connectivity index (χ2v) is 4.49. The largest absolute Gasteiger partial charge is 0.388 e. The summed E-state index contributed by atoms with van der Waals surface area (Å²) in [5.41, 5.74) is 2.41. The highest BCUT2D eigenvalue weighted by Crippen LogP contribution is 2.40. The molecule has 0 aliphatic carbocycles.